The third-order valence-electron chi connectivity index (χ3n) is 4.56. The highest BCUT2D eigenvalue weighted by Gasteiger charge is 2.33. The van der Waals surface area contributed by atoms with E-state index in [0.29, 0.717) is 12.0 Å². The van der Waals surface area contributed by atoms with Crippen LogP contribution in [0.1, 0.15) is 6.42 Å². The summed E-state index contributed by atoms with van der Waals surface area (Å²) in [4.78, 5) is 4.32. The summed E-state index contributed by atoms with van der Waals surface area (Å²) in [6.07, 6.45) is 0.376. The van der Waals surface area contributed by atoms with Gasteiger partial charge in [-0.1, -0.05) is 34.1 Å². The number of nitrogens with one attached hydrogen (secondary N) is 1. The third kappa shape index (κ3) is 4.24. The van der Waals surface area contributed by atoms with Gasteiger partial charge in [0.1, 0.15) is 0 Å². The zero-order valence-electron chi connectivity index (χ0n) is 15.1. The van der Waals surface area contributed by atoms with Crippen LogP contribution in [0.3, 0.4) is 0 Å². The van der Waals surface area contributed by atoms with E-state index >= 15 is 0 Å². The minimum absolute atomic E-state index is 0.0473. The van der Waals surface area contributed by atoms with Gasteiger partial charge in [-0.2, -0.15) is 4.98 Å². The molecular formula is C19H17BrN2O5S2. The first-order valence-corrected chi connectivity index (χ1v) is 12.9. The standard InChI is InChI=1S/C19H17BrN2O5S2/c20-14-6-8-16(9-7-14)29(25,26)19-18(21-15-10-11-28(23,24)12-15)27-17(22-19)13-4-2-1-3-5-13/h1-9,15,21H,10-12H2. The first-order chi connectivity index (χ1) is 13.7. The lowest BCUT2D eigenvalue weighted by Gasteiger charge is -2.10. The van der Waals surface area contributed by atoms with E-state index in [1.807, 2.05) is 6.07 Å². The summed E-state index contributed by atoms with van der Waals surface area (Å²) in [5.74, 6) is 0.0733. The van der Waals surface area contributed by atoms with Crippen LogP contribution >= 0.6 is 15.9 Å². The molecule has 0 saturated carbocycles. The molecule has 0 amide bonds. The van der Waals surface area contributed by atoms with Crippen molar-refractivity contribution in [3.8, 4) is 11.5 Å². The maximum absolute atomic E-state index is 13.2. The van der Waals surface area contributed by atoms with Crippen LogP contribution in [-0.4, -0.2) is 39.4 Å². The molecule has 1 unspecified atom stereocenters. The van der Waals surface area contributed by atoms with Crippen molar-refractivity contribution in [2.45, 2.75) is 22.4 Å². The first kappa shape index (κ1) is 20.1. The summed E-state index contributed by atoms with van der Waals surface area (Å²) in [7, 11) is -7.13. The zero-order chi connectivity index (χ0) is 20.6. The number of benzene rings is 2. The summed E-state index contributed by atoms with van der Waals surface area (Å²) in [5.41, 5.74) is 0.617. The summed E-state index contributed by atoms with van der Waals surface area (Å²) in [6.45, 7) is 0. The van der Waals surface area contributed by atoms with Crippen molar-refractivity contribution in [1.82, 2.24) is 4.98 Å². The second kappa shape index (κ2) is 7.58. The van der Waals surface area contributed by atoms with Gasteiger partial charge in [-0.15, -0.1) is 0 Å². The Kier molecular flexibility index (Phi) is 5.26. The molecule has 2 heterocycles. The van der Waals surface area contributed by atoms with Gasteiger partial charge in [0, 0.05) is 16.1 Å². The SMILES string of the molecule is O=S1(=O)CCC(Nc2oc(-c3ccccc3)nc2S(=O)(=O)c2ccc(Br)cc2)C1. The van der Waals surface area contributed by atoms with Crippen LogP contribution in [0.4, 0.5) is 5.88 Å². The molecule has 0 radical (unpaired) electrons. The predicted molar refractivity (Wildman–Crippen MR) is 112 cm³/mol. The number of aromatic nitrogens is 1. The summed E-state index contributed by atoms with van der Waals surface area (Å²) in [6, 6.07) is 14.7. The summed E-state index contributed by atoms with van der Waals surface area (Å²) in [5, 5.41) is 2.68. The Hall–Kier alpha value is -2.17. The average Bonchev–Trinajstić information content (AvgIpc) is 3.26. The molecule has 7 nitrogen and oxygen atoms in total. The van der Waals surface area contributed by atoms with Crippen molar-refractivity contribution in [3.05, 3.63) is 59.1 Å². The van der Waals surface area contributed by atoms with Gasteiger partial charge in [-0.3, -0.25) is 0 Å². The van der Waals surface area contributed by atoms with Gasteiger partial charge in [-0.05, 0) is 42.8 Å². The molecule has 4 rings (SSSR count). The lowest BCUT2D eigenvalue weighted by Crippen LogP contribution is -2.21. The molecule has 1 atom stereocenters. The highest BCUT2D eigenvalue weighted by Crippen LogP contribution is 2.34. The number of hydrogen-bond acceptors (Lipinski definition) is 7. The van der Waals surface area contributed by atoms with Crippen molar-refractivity contribution in [2.24, 2.45) is 0 Å². The topological polar surface area (TPSA) is 106 Å². The number of hydrogen-bond donors (Lipinski definition) is 1. The molecule has 1 fully saturated rings. The van der Waals surface area contributed by atoms with Crippen LogP contribution in [-0.2, 0) is 19.7 Å². The summed E-state index contributed by atoms with van der Waals surface area (Å²) < 4.78 is 56.5. The van der Waals surface area contributed by atoms with Crippen LogP contribution in [0.25, 0.3) is 11.5 Å². The van der Waals surface area contributed by atoms with E-state index in [0.717, 1.165) is 4.47 Å². The fourth-order valence-corrected chi connectivity index (χ4v) is 6.31. The van der Waals surface area contributed by atoms with Crippen molar-refractivity contribution in [3.63, 3.8) is 0 Å². The molecule has 152 valence electrons. The normalized spacial score (nSPS) is 18.6. The minimum atomic E-state index is -3.98. The Balaban J connectivity index is 1.78. The Labute approximate surface area is 177 Å². The molecule has 10 heteroatoms. The average molecular weight is 497 g/mol. The molecule has 1 aliphatic rings. The monoisotopic (exact) mass is 496 g/mol. The first-order valence-electron chi connectivity index (χ1n) is 8.78. The molecule has 1 N–H and O–H groups in total. The van der Waals surface area contributed by atoms with E-state index in [2.05, 4.69) is 26.2 Å². The Bertz CT molecular complexity index is 1240. The van der Waals surface area contributed by atoms with E-state index in [1.54, 1.807) is 36.4 Å². The fraction of sp³-hybridized carbons (Fsp3) is 0.211. The predicted octanol–water partition coefficient (Wildman–Crippen LogP) is 3.54. The molecule has 2 aromatic carbocycles. The van der Waals surface area contributed by atoms with Crippen LogP contribution in [0, 0.1) is 0 Å². The molecule has 0 aliphatic carbocycles. The van der Waals surface area contributed by atoms with Gasteiger partial charge >= 0.3 is 0 Å². The smallest absolute Gasteiger partial charge is 0.234 e. The molecule has 1 aromatic heterocycles. The highest BCUT2D eigenvalue weighted by molar-refractivity contribution is 9.10. The maximum Gasteiger partial charge on any atom is 0.234 e. The molecule has 3 aromatic rings. The molecule has 0 spiro atoms. The van der Waals surface area contributed by atoms with Gasteiger partial charge in [0.25, 0.3) is 0 Å². The lowest BCUT2D eigenvalue weighted by atomic mass is 10.2. The number of oxazole rings is 1. The fourth-order valence-electron chi connectivity index (χ4n) is 3.10. The number of nitrogens with zero attached hydrogens (tertiary/aromatic N) is 1. The quantitative estimate of drug-likeness (QED) is 0.575. The number of rotatable bonds is 5. The van der Waals surface area contributed by atoms with Gasteiger partial charge in [0.2, 0.25) is 26.6 Å². The van der Waals surface area contributed by atoms with E-state index in [-0.39, 0.29) is 33.2 Å². The van der Waals surface area contributed by atoms with Gasteiger partial charge < -0.3 is 9.73 Å². The van der Waals surface area contributed by atoms with Gasteiger partial charge in [0.15, 0.2) is 9.84 Å². The van der Waals surface area contributed by atoms with Crippen LogP contribution < -0.4 is 5.32 Å². The van der Waals surface area contributed by atoms with Crippen molar-refractivity contribution in [1.29, 1.82) is 0 Å². The van der Waals surface area contributed by atoms with Crippen molar-refractivity contribution in [2.75, 3.05) is 16.8 Å². The largest absolute Gasteiger partial charge is 0.419 e. The Morgan fingerprint density at radius 2 is 1.76 bits per heavy atom. The van der Waals surface area contributed by atoms with E-state index in [1.165, 1.54) is 12.1 Å². The Morgan fingerprint density at radius 3 is 2.38 bits per heavy atom. The lowest BCUT2D eigenvalue weighted by molar-refractivity contribution is 0.568. The van der Waals surface area contributed by atoms with Gasteiger partial charge in [-0.25, -0.2) is 16.8 Å². The third-order valence-corrected chi connectivity index (χ3v) is 8.54. The highest BCUT2D eigenvalue weighted by atomic mass is 79.9. The van der Waals surface area contributed by atoms with Crippen LogP contribution in [0.15, 0.2) is 73.4 Å². The molecule has 1 saturated heterocycles. The van der Waals surface area contributed by atoms with Crippen LogP contribution in [0.2, 0.25) is 0 Å². The van der Waals surface area contributed by atoms with Crippen molar-refractivity contribution < 1.29 is 21.3 Å². The molecule has 29 heavy (non-hydrogen) atoms. The van der Waals surface area contributed by atoms with Crippen molar-refractivity contribution >= 4 is 41.5 Å². The maximum atomic E-state index is 13.2. The number of sulfone groups is 2. The number of anilines is 1. The Morgan fingerprint density at radius 1 is 1.07 bits per heavy atom. The minimum Gasteiger partial charge on any atom is -0.419 e. The second-order valence-corrected chi connectivity index (χ2v) is 11.7. The van der Waals surface area contributed by atoms with Gasteiger partial charge in [0.05, 0.1) is 16.4 Å². The molecular weight excluding hydrogens is 480 g/mol. The van der Waals surface area contributed by atoms with E-state index in [9.17, 15) is 16.8 Å². The van der Waals surface area contributed by atoms with E-state index in [4.69, 9.17) is 4.42 Å². The second-order valence-electron chi connectivity index (χ2n) is 6.72. The van der Waals surface area contributed by atoms with Crippen LogP contribution in [0.5, 0.6) is 0 Å². The molecule has 0 bridgehead atoms. The zero-order valence-corrected chi connectivity index (χ0v) is 18.3. The van der Waals surface area contributed by atoms with E-state index < -0.39 is 25.7 Å². The number of halogens is 1. The molecule has 1 aliphatic heterocycles. The summed E-state index contributed by atoms with van der Waals surface area (Å²) >= 11 is 3.29.